The number of hydrogen-bond donors (Lipinski definition) is 1. The minimum absolute atomic E-state index is 0.0145. The highest BCUT2D eigenvalue weighted by Crippen LogP contribution is 2.17. The number of nitrogens with one attached hydrogen (secondary N) is 1. The predicted molar refractivity (Wildman–Crippen MR) is 64.0 cm³/mol. The van der Waals surface area contributed by atoms with Gasteiger partial charge in [0.2, 0.25) is 5.91 Å². The smallest absolute Gasteiger partial charge is 0.387 e. The molecule has 1 aromatic rings. The van der Waals surface area contributed by atoms with Crippen LogP contribution in [0.4, 0.5) is 14.5 Å². The van der Waals surface area contributed by atoms with E-state index >= 15 is 0 Å². The Labute approximate surface area is 111 Å². The number of carbonyl (C=O) groups excluding carboxylic acids is 2. The van der Waals surface area contributed by atoms with E-state index in [1.165, 1.54) is 24.3 Å². The molecule has 0 heterocycles. The van der Waals surface area contributed by atoms with Crippen LogP contribution in [0, 0.1) is 0 Å². The summed E-state index contributed by atoms with van der Waals surface area (Å²) < 4.78 is 27.9. The third-order valence-corrected chi connectivity index (χ3v) is 2.72. The van der Waals surface area contributed by atoms with E-state index in [4.69, 9.17) is 0 Å². The van der Waals surface area contributed by atoms with Gasteiger partial charge in [0.15, 0.2) is 0 Å². The average Bonchev–Trinajstić information content (AvgIpc) is 2.30. The van der Waals surface area contributed by atoms with Gasteiger partial charge in [0, 0.05) is 11.4 Å². The number of rotatable bonds is 7. The monoisotopic (exact) mass is 290 g/mol. The van der Waals surface area contributed by atoms with Gasteiger partial charge in [-0.2, -0.15) is 8.78 Å². The second-order valence-electron chi connectivity index (χ2n) is 3.32. The van der Waals surface area contributed by atoms with E-state index in [0.717, 1.165) is 11.8 Å². The molecule has 1 rings (SSSR count). The molecular weight excluding hydrogens is 280 g/mol. The minimum Gasteiger partial charge on any atom is -0.549 e. The van der Waals surface area contributed by atoms with E-state index < -0.39 is 18.5 Å². The Hall–Kier alpha value is -1.83. The van der Waals surface area contributed by atoms with Crippen LogP contribution in [0.5, 0.6) is 5.75 Å². The first-order chi connectivity index (χ1) is 8.97. The number of ether oxygens (including phenoxy) is 1. The van der Waals surface area contributed by atoms with Crippen LogP contribution in [0.25, 0.3) is 0 Å². The first kappa shape index (κ1) is 15.2. The number of hydrogen-bond acceptors (Lipinski definition) is 5. The Kier molecular flexibility index (Phi) is 6.07. The van der Waals surface area contributed by atoms with Gasteiger partial charge in [-0.25, -0.2) is 0 Å². The standard InChI is InChI=1S/C11H11F2NO4S/c12-11(13)18-8-3-1-7(2-4-8)14-9(15)5-19-6-10(16)17/h1-4,11H,5-6H2,(H,14,15)(H,16,17)/p-1. The van der Waals surface area contributed by atoms with Gasteiger partial charge in [-0.1, -0.05) is 0 Å². The topological polar surface area (TPSA) is 78.5 Å². The SMILES string of the molecule is O=C([O-])CSCC(=O)Nc1ccc(OC(F)F)cc1. The molecule has 0 bridgehead atoms. The summed E-state index contributed by atoms with van der Waals surface area (Å²) in [7, 11) is 0. The molecule has 0 unspecified atom stereocenters. The predicted octanol–water partition coefficient (Wildman–Crippen LogP) is 0.710. The number of carbonyl (C=O) groups is 2. The fraction of sp³-hybridized carbons (Fsp3) is 0.273. The fourth-order valence-electron chi connectivity index (χ4n) is 1.14. The van der Waals surface area contributed by atoms with Crippen LogP contribution in [-0.2, 0) is 9.59 Å². The van der Waals surface area contributed by atoms with Gasteiger partial charge in [-0.15, -0.1) is 11.8 Å². The molecule has 104 valence electrons. The number of aliphatic carboxylic acids is 1. The van der Waals surface area contributed by atoms with E-state index in [0.29, 0.717) is 5.69 Å². The molecule has 0 aromatic heterocycles. The first-order valence-corrected chi connectivity index (χ1v) is 6.25. The Morgan fingerprint density at radius 3 is 2.42 bits per heavy atom. The normalized spacial score (nSPS) is 10.3. The van der Waals surface area contributed by atoms with Gasteiger partial charge in [0.1, 0.15) is 5.75 Å². The van der Waals surface area contributed by atoms with Crippen LogP contribution < -0.4 is 15.2 Å². The minimum atomic E-state index is -2.90. The number of carboxylic acids is 1. The zero-order valence-electron chi connectivity index (χ0n) is 9.60. The van der Waals surface area contributed by atoms with Crippen LogP contribution in [-0.4, -0.2) is 30.0 Å². The molecule has 0 aliphatic carbocycles. The van der Waals surface area contributed by atoms with Gasteiger partial charge in [-0.05, 0) is 24.3 Å². The van der Waals surface area contributed by atoms with Crippen LogP contribution in [0.3, 0.4) is 0 Å². The maximum absolute atomic E-state index is 11.9. The summed E-state index contributed by atoms with van der Waals surface area (Å²) in [6.45, 7) is -2.90. The summed E-state index contributed by atoms with van der Waals surface area (Å²) in [4.78, 5) is 21.5. The summed E-state index contributed by atoms with van der Waals surface area (Å²) in [5.41, 5.74) is 0.403. The average molecular weight is 290 g/mol. The van der Waals surface area contributed by atoms with Crippen molar-refractivity contribution in [2.75, 3.05) is 16.8 Å². The van der Waals surface area contributed by atoms with Gasteiger partial charge in [-0.3, -0.25) is 4.79 Å². The second-order valence-corrected chi connectivity index (χ2v) is 4.30. The molecule has 1 amide bonds. The molecule has 0 saturated carbocycles. The number of alkyl halides is 2. The van der Waals surface area contributed by atoms with Crippen LogP contribution in [0.15, 0.2) is 24.3 Å². The van der Waals surface area contributed by atoms with Crippen molar-refractivity contribution in [1.82, 2.24) is 0 Å². The molecule has 1 aromatic carbocycles. The molecule has 0 aliphatic heterocycles. The van der Waals surface area contributed by atoms with Crippen LogP contribution >= 0.6 is 11.8 Å². The van der Waals surface area contributed by atoms with Crippen molar-refractivity contribution in [3.05, 3.63) is 24.3 Å². The quantitative estimate of drug-likeness (QED) is 0.800. The maximum Gasteiger partial charge on any atom is 0.387 e. The highest BCUT2D eigenvalue weighted by molar-refractivity contribution is 8.00. The summed E-state index contributed by atoms with van der Waals surface area (Å²) in [6, 6.07) is 5.38. The Morgan fingerprint density at radius 1 is 1.26 bits per heavy atom. The molecule has 8 heteroatoms. The van der Waals surface area contributed by atoms with Gasteiger partial charge in [0.25, 0.3) is 0 Å². The van der Waals surface area contributed by atoms with Gasteiger partial charge in [0.05, 0.1) is 11.7 Å². The highest BCUT2D eigenvalue weighted by atomic mass is 32.2. The van der Waals surface area contributed by atoms with Crippen molar-refractivity contribution in [2.45, 2.75) is 6.61 Å². The molecule has 0 radical (unpaired) electrons. The Balaban J connectivity index is 2.40. The summed E-state index contributed by atoms with van der Waals surface area (Å²) in [5.74, 6) is -1.96. The Morgan fingerprint density at radius 2 is 1.89 bits per heavy atom. The number of anilines is 1. The molecule has 1 N–H and O–H groups in total. The van der Waals surface area contributed by atoms with Gasteiger partial charge < -0.3 is 20.0 Å². The van der Waals surface area contributed by atoms with E-state index in [-0.39, 0.29) is 17.3 Å². The fourth-order valence-corrected chi connectivity index (χ4v) is 1.67. The summed E-state index contributed by atoms with van der Waals surface area (Å²) in [5, 5.41) is 12.6. The highest BCUT2D eigenvalue weighted by Gasteiger charge is 2.05. The number of halogens is 2. The van der Waals surface area contributed by atoms with Crippen molar-refractivity contribution in [1.29, 1.82) is 0 Å². The van der Waals surface area contributed by atoms with Crippen molar-refractivity contribution in [2.24, 2.45) is 0 Å². The lowest BCUT2D eigenvalue weighted by Crippen LogP contribution is -2.25. The van der Waals surface area contributed by atoms with Crippen molar-refractivity contribution in [3.63, 3.8) is 0 Å². The molecule has 0 saturated heterocycles. The lowest BCUT2D eigenvalue weighted by atomic mass is 10.3. The number of amides is 1. The zero-order chi connectivity index (χ0) is 14.3. The van der Waals surface area contributed by atoms with E-state index in [1.807, 2.05) is 0 Å². The maximum atomic E-state index is 11.9. The van der Waals surface area contributed by atoms with E-state index in [2.05, 4.69) is 10.1 Å². The van der Waals surface area contributed by atoms with Gasteiger partial charge >= 0.3 is 6.61 Å². The summed E-state index contributed by atoms with van der Waals surface area (Å²) >= 11 is 0.902. The zero-order valence-corrected chi connectivity index (χ0v) is 10.4. The molecule has 0 atom stereocenters. The molecule has 5 nitrogen and oxygen atoms in total. The number of thioether (sulfide) groups is 1. The lowest BCUT2D eigenvalue weighted by molar-refractivity contribution is -0.301. The van der Waals surface area contributed by atoms with Crippen LogP contribution in [0.1, 0.15) is 0 Å². The molecule has 19 heavy (non-hydrogen) atoms. The Bertz CT molecular complexity index is 439. The third kappa shape index (κ3) is 6.61. The number of benzene rings is 1. The molecule has 0 aliphatic rings. The van der Waals surface area contributed by atoms with E-state index in [9.17, 15) is 23.5 Å². The third-order valence-electron chi connectivity index (χ3n) is 1.82. The first-order valence-electron chi connectivity index (χ1n) is 5.09. The molecule has 0 fully saturated rings. The molecule has 0 spiro atoms. The van der Waals surface area contributed by atoms with Crippen molar-refractivity contribution in [3.8, 4) is 5.75 Å². The number of carboxylic acid groups (broad SMARTS) is 1. The van der Waals surface area contributed by atoms with Crippen molar-refractivity contribution >= 4 is 29.3 Å². The lowest BCUT2D eigenvalue weighted by Gasteiger charge is -2.07. The largest absolute Gasteiger partial charge is 0.549 e. The summed E-state index contributed by atoms with van der Waals surface area (Å²) in [6.07, 6.45) is 0. The van der Waals surface area contributed by atoms with E-state index in [1.54, 1.807) is 0 Å². The van der Waals surface area contributed by atoms with Crippen LogP contribution in [0.2, 0.25) is 0 Å². The van der Waals surface area contributed by atoms with Crippen molar-refractivity contribution < 1.29 is 28.2 Å². The second kappa shape index (κ2) is 7.57. The molecular formula is C11H10F2NO4S-.